The number of ether oxygens (including phenoxy) is 1. The van der Waals surface area contributed by atoms with Crippen molar-refractivity contribution < 1.29 is 9.53 Å². The molecule has 24 heavy (non-hydrogen) atoms. The molecule has 3 aliphatic heterocycles. The van der Waals surface area contributed by atoms with E-state index in [9.17, 15) is 4.79 Å². The number of amides is 1. The molecule has 4 heterocycles. The van der Waals surface area contributed by atoms with E-state index in [1.54, 1.807) is 18.3 Å². The van der Waals surface area contributed by atoms with Gasteiger partial charge in [0, 0.05) is 17.6 Å². The standard InChI is InChI=1S/C17H18ClN3O2S/c18-12-2-1-3-13(8-12)23-15-9-19-17(24-15)16(22)20-14-10-21-6-4-11(14)5-7-21/h1-3,8-9,11,14H,4-7,10H2,(H,20,22). The second kappa shape index (κ2) is 6.70. The molecule has 5 nitrogen and oxygen atoms in total. The molecule has 2 aromatic rings. The fourth-order valence-corrected chi connectivity index (χ4v) is 4.29. The summed E-state index contributed by atoms with van der Waals surface area (Å²) in [4.78, 5) is 19.1. The molecule has 1 amide bonds. The summed E-state index contributed by atoms with van der Waals surface area (Å²) in [6.07, 6.45) is 3.93. The first-order valence-electron chi connectivity index (χ1n) is 8.10. The van der Waals surface area contributed by atoms with Crippen molar-refractivity contribution in [1.82, 2.24) is 15.2 Å². The van der Waals surface area contributed by atoms with Gasteiger partial charge in [-0.1, -0.05) is 29.0 Å². The Hall–Kier alpha value is -1.63. The number of aromatic nitrogens is 1. The van der Waals surface area contributed by atoms with Crippen molar-refractivity contribution in [2.75, 3.05) is 19.6 Å². The van der Waals surface area contributed by atoms with Crippen LogP contribution in [0.1, 0.15) is 22.6 Å². The Bertz CT molecular complexity index is 743. The SMILES string of the molecule is O=C(NC1CN2CCC1CC2)c1ncc(Oc2cccc(Cl)c2)s1. The van der Waals surface area contributed by atoms with Gasteiger partial charge >= 0.3 is 0 Å². The number of piperidine rings is 3. The van der Waals surface area contributed by atoms with Crippen LogP contribution in [0.5, 0.6) is 10.8 Å². The molecule has 3 fully saturated rings. The van der Waals surface area contributed by atoms with E-state index in [0.29, 0.717) is 26.8 Å². The van der Waals surface area contributed by atoms with Gasteiger partial charge in [-0.05, 0) is 50.0 Å². The summed E-state index contributed by atoms with van der Waals surface area (Å²) >= 11 is 7.19. The normalized spacial score (nSPS) is 25.5. The van der Waals surface area contributed by atoms with Gasteiger partial charge in [-0.3, -0.25) is 4.79 Å². The second-order valence-electron chi connectivity index (χ2n) is 6.26. The summed E-state index contributed by atoms with van der Waals surface area (Å²) in [5.41, 5.74) is 0. The van der Waals surface area contributed by atoms with E-state index in [1.807, 2.05) is 12.1 Å². The molecule has 0 radical (unpaired) electrons. The lowest BCUT2D eigenvalue weighted by molar-refractivity contribution is 0.0620. The molecule has 1 aromatic carbocycles. The minimum Gasteiger partial charge on any atom is -0.445 e. The van der Waals surface area contributed by atoms with E-state index in [1.165, 1.54) is 24.2 Å². The van der Waals surface area contributed by atoms with Crippen LogP contribution in [0, 0.1) is 5.92 Å². The fourth-order valence-electron chi connectivity index (χ4n) is 3.42. The third-order valence-corrected chi connectivity index (χ3v) is 5.78. The van der Waals surface area contributed by atoms with Crippen molar-refractivity contribution in [2.45, 2.75) is 18.9 Å². The highest BCUT2D eigenvalue weighted by Gasteiger charge is 2.35. The van der Waals surface area contributed by atoms with E-state index >= 15 is 0 Å². The molecule has 1 atom stereocenters. The second-order valence-corrected chi connectivity index (χ2v) is 7.69. The monoisotopic (exact) mass is 363 g/mol. The number of halogens is 1. The molecule has 126 valence electrons. The lowest BCUT2D eigenvalue weighted by atomic mass is 9.84. The minimum absolute atomic E-state index is 0.111. The maximum atomic E-state index is 12.5. The van der Waals surface area contributed by atoms with Crippen LogP contribution in [-0.4, -0.2) is 41.5 Å². The molecular weight excluding hydrogens is 346 g/mol. The molecule has 3 aliphatic rings. The predicted octanol–water partition coefficient (Wildman–Crippen LogP) is 3.41. The first-order chi connectivity index (χ1) is 11.7. The van der Waals surface area contributed by atoms with Gasteiger partial charge in [-0.15, -0.1) is 0 Å². The van der Waals surface area contributed by atoms with Gasteiger partial charge in [-0.2, -0.15) is 0 Å². The van der Waals surface area contributed by atoms with Crippen LogP contribution in [0.25, 0.3) is 0 Å². The van der Waals surface area contributed by atoms with Crippen LogP contribution in [0.2, 0.25) is 5.02 Å². The van der Waals surface area contributed by atoms with Crippen molar-refractivity contribution >= 4 is 28.8 Å². The quantitative estimate of drug-likeness (QED) is 0.904. The minimum atomic E-state index is -0.111. The number of carbonyl (C=O) groups excluding carboxylic acids is 1. The van der Waals surface area contributed by atoms with Crippen LogP contribution in [-0.2, 0) is 0 Å². The Balaban J connectivity index is 1.40. The van der Waals surface area contributed by atoms with Crippen molar-refractivity contribution in [1.29, 1.82) is 0 Å². The number of nitrogens with zero attached hydrogens (tertiary/aromatic N) is 2. The van der Waals surface area contributed by atoms with E-state index in [-0.39, 0.29) is 11.9 Å². The van der Waals surface area contributed by atoms with Crippen LogP contribution in [0.3, 0.4) is 0 Å². The number of fused-ring (bicyclic) bond motifs is 3. The highest BCUT2D eigenvalue weighted by atomic mass is 35.5. The molecule has 3 saturated heterocycles. The van der Waals surface area contributed by atoms with Crippen molar-refractivity contribution in [3.8, 4) is 10.8 Å². The van der Waals surface area contributed by atoms with Gasteiger partial charge in [0.1, 0.15) is 5.75 Å². The topological polar surface area (TPSA) is 54.5 Å². The maximum Gasteiger partial charge on any atom is 0.280 e. The Labute approximate surface area is 149 Å². The lowest BCUT2D eigenvalue weighted by Crippen LogP contribution is -2.57. The van der Waals surface area contributed by atoms with Crippen LogP contribution < -0.4 is 10.1 Å². The summed E-state index contributed by atoms with van der Waals surface area (Å²) in [5.74, 6) is 1.12. The lowest BCUT2D eigenvalue weighted by Gasteiger charge is -2.44. The number of rotatable bonds is 4. The highest BCUT2D eigenvalue weighted by Crippen LogP contribution is 2.30. The number of hydrogen-bond acceptors (Lipinski definition) is 5. The molecule has 1 aromatic heterocycles. The smallest absolute Gasteiger partial charge is 0.280 e. The molecule has 0 saturated carbocycles. The number of thiazole rings is 1. The molecular formula is C17H18ClN3O2S. The number of nitrogens with one attached hydrogen (secondary N) is 1. The average molecular weight is 364 g/mol. The predicted molar refractivity (Wildman–Crippen MR) is 94.1 cm³/mol. The zero-order valence-corrected chi connectivity index (χ0v) is 14.6. The maximum absolute atomic E-state index is 12.5. The fraction of sp³-hybridized carbons (Fsp3) is 0.412. The van der Waals surface area contributed by atoms with Gasteiger partial charge in [0.25, 0.3) is 5.91 Å². The van der Waals surface area contributed by atoms with Gasteiger partial charge in [0.15, 0.2) is 5.01 Å². The van der Waals surface area contributed by atoms with E-state index in [2.05, 4.69) is 15.2 Å². The van der Waals surface area contributed by atoms with Crippen LogP contribution >= 0.6 is 22.9 Å². The summed E-state index contributed by atoms with van der Waals surface area (Å²) in [6, 6.07) is 7.39. The molecule has 1 unspecified atom stereocenters. The van der Waals surface area contributed by atoms with Gasteiger partial charge in [-0.25, -0.2) is 4.98 Å². The molecule has 0 aliphatic carbocycles. The zero-order valence-electron chi connectivity index (χ0n) is 13.1. The van der Waals surface area contributed by atoms with E-state index in [0.717, 1.165) is 19.6 Å². The third kappa shape index (κ3) is 3.41. The first-order valence-corrected chi connectivity index (χ1v) is 9.29. The Morgan fingerprint density at radius 2 is 2.21 bits per heavy atom. The highest BCUT2D eigenvalue weighted by molar-refractivity contribution is 7.15. The largest absolute Gasteiger partial charge is 0.445 e. The molecule has 0 spiro atoms. The third-order valence-electron chi connectivity index (χ3n) is 4.67. The summed E-state index contributed by atoms with van der Waals surface area (Å²) in [6.45, 7) is 3.27. The molecule has 7 heteroatoms. The van der Waals surface area contributed by atoms with Crippen LogP contribution in [0.15, 0.2) is 30.5 Å². The van der Waals surface area contributed by atoms with Crippen molar-refractivity contribution in [3.63, 3.8) is 0 Å². The van der Waals surface area contributed by atoms with E-state index < -0.39 is 0 Å². The summed E-state index contributed by atoms with van der Waals surface area (Å²) in [7, 11) is 0. The Morgan fingerprint density at radius 3 is 2.92 bits per heavy atom. The van der Waals surface area contributed by atoms with Crippen molar-refractivity contribution in [3.05, 3.63) is 40.5 Å². The molecule has 1 N–H and O–H groups in total. The number of hydrogen-bond donors (Lipinski definition) is 1. The van der Waals surface area contributed by atoms with E-state index in [4.69, 9.17) is 16.3 Å². The number of benzene rings is 1. The molecule has 5 rings (SSSR count). The molecule has 2 bridgehead atoms. The Morgan fingerprint density at radius 1 is 1.38 bits per heavy atom. The Kier molecular flexibility index (Phi) is 4.43. The van der Waals surface area contributed by atoms with Crippen LogP contribution in [0.4, 0.5) is 0 Å². The average Bonchev–Trinajstić information content (AvgIpc) is 3.05. The first kappa shape index (κ1) is 15.9. The van der Waals surface area contributed by atoms with Crippen molar-refractivity contribution in [2.24, 2.45) is 5.92 Å². The summed E-state index contributed by atoms with van der Waals surface area (Å²) in [5, 5.41) is 4.77. The van der Waals surface area contributed by atoms with Gasteiger partial charge < -0.3 is 15.0 Å². The van der Waals surface area contributed by atoms with Gasteiger partial charge in [0.05, 0.1) is 6.20 Å². The number of carbonyl (C=O) groups is 1. The van der Waals surface area contributed by atoms with Gasteiger partial charge in [0.2, 0.25) is 5.06 Å². The zero-order chi connectivity index (χ0) is 16.5. The summed E-state index contributed by atoms with van der Waals surface area (Å²) < 4.78 is 5.71.